The number of nitrogens with two attached hydrogens (primary N) is 1. The molecule has 1 saturated heterocycles. The van der Waals surface area contributed by atoms with Crippen molar-refractivity contribution in [2.75, 3.05) is 19.7 Å². The number of sulfonamides is 1. The lowest BCUT2D eigenvalue weighted by Crippen LogP contribution is -2.32. The second-order valence-corrected chi connectivity index (χ2v) is 7.66. The standard InChI is InChI=1S/C13H17BrN2O4S/c1-2-20-13(17)9-5-10(14)7-12(6-9)21(18,19)16-4-3-11(15)8-16/h5-7,11H,2-4,8,15H2,1H3/t11-/m1/s1. The molecule has 0 amide bonds. The van der Waals surface area contributed by atoms with E-state index >= 15 is 0 Å². The normalized spacial score (nSPS) is 19.7. The molecule has 1 aliphatic rings. The van der Waals surface area contributed by atoms with E-state index in [1.54, 1.807) is 6.92 Å². The first-order valence-corrected chi connectivity index (χ1v) is 8.81. The second kappa shape index (κ2) is 6.43. The smallest absolute Gasteiger partial charge is 0.338 e. The molecule has 1 heterocycles. The molecule has 0 unspecified atom stereocenters. The first kappa shape index (κ1) is 16.4. The summed E-state index contributed by atoms with van der Waals surface area (Å²) in [5.74, 6) is -0.548. The molecule has 0 radical (unpaired) electrons. The van der Waals surface area contributed by atoms with Crippen molar-refractivity contribution in [3.8, 4) is 0 Å². The Morgan fingerprint density at radius 3 is 2.76 bits per heavy atom. The lowest BCUT2D eigenvalue weighted by Gasteiger charge is -2.16. The number of hydrogen-bond acceptors (Lipinski definition) is 5. The topological polar surface area (TPSA) is 89.7 Å². The molecule has 1 fully saturated rings. The lowest BCUT2D eigenvalue weighted by atomic mass is 10.2. The average molecular weight is 377 g/mol. The van der Waals surface area contributed by atoms with E-state index in [-0.39, 0.29) is 23.1 Å². The van der Waals surface area contributed by atoms with E-state index in [4.69, 9.17) is 10.5 Å². The largest absolute Gasteiger partial charge is 0.462 e. The number of benzene rings is 1. The Kier molecular flexibility index (Phi) is 5.03. The highest BCUT2D eigenvalue weighted by atomic mass is 79.9. The zero-order valence-corrected chi connectivity index (χ0v) is 14.0. The Morgan fingerprint density at radius 1 is 1.48 bits per heavy atom. The van der Waals surface area contributed by atoms with Crippen molar-refractivity contribution in [2.45, 2.75) is 24.3 Å². The molecule has 0 spiro atoms. The zero-order valence-electron chi connectivity index (χ0n) is 11.6. The molecule has 2 rings (SSSR count). The highest BCUT2D eigenvalue weighted by Gasteiger charge is 2.31. The predicted octanol–water partition coefficient (Wildman–Crippen LogP) is 1.35. The minimum atomic E-state index is -3.65. The number of carbonyl (C=O) groups is 1. The number of ether oxygens (including phenoxy) is 1. The molecule has 2 N–H and O–H groups in total. The molecule has 1 aromatic rings. The highest BCUT2D eigenvalue weighted by molar-refractivity contribution is 9.10. The van der Waals surface area contributed by atoms with Gasteiger partial charge in [0.2, 0.25) is 10.0 Å². The summed E-state index contributed by atoms with van der Waals surface area (Å²) < 4.78 is 31.9. The minimum absolute atomic E-state index is 0.0639. The summed E-state index contributed by atoms with van der Waals surface area (Å²) in [4.78, 5) is 11.8. The fourth-order valence-corrected chi connectivity index (χ4v) is 4.39. The maximum Gasteiger partial charge on any atom is 0.338 e. The summed E-state index contributed by atoms with van der Waals surface area (Å²) in [7, 11) is -3.65. The van der Waals surface area contributed by atoms with E-state index in [1.165, 1.54) is 22.5 Å². The summed E-state index contributed by atoms with van der Waals surface area (Å²) in [6.07, 6.45) is 0.637. The maximum absolute atomic E-state index is 12.6. The van der Waals surface area contributed by atoms with E-state index in [0.717, 1.165) is 0 Å². The van der Waals surface area contributed by atoms with Crippen molar-refractivity contribution >= 4 is 31.9 Å². The van der Waals surface area contributed by atoms with Gasteiger partial charge in [0.1, 0.15) is 0 Å². The van der Waals surface area contributed by atoms with Gasteiger partial charge in [0, 0.05) is 23.6 Å². The van der Waals surface area contributed by atoms with Gasteiger partial charge in [-0.15, -0.1) is 0 Å². The Bertz CT molecular complexity index is 648. The van der Waals surface area contributed by atoms with Crippen molar-refractivity contribution in [1.82, 2.24) is 4.31 Å². The molecule has 0 bridgehead atoms. The zero-order chi connectivity index (χ0) is 15.6. The molecule has 1 atom stereocenters. The van der Waals surface area contributed by atoms with Gasteiger partial charge in [0.05, 0.1) is 17.1 Å². The number of carbonyl (C=O) groups excluding carboxylic acids is 1. The molecule has 0 aliphatic carbocycles. The van der Waals surface area contributed by atoms with Gasteiger partial charge in [-0.25, -0.2) is 13.2 Å². The van der Waals surface area contributed by atoms with E-state index in [9.17, 15) is 13.2 Å². The van der Waals surface area contributed by atoms with Crippen LogP contribution in [0.2, 0.25) is 0 Å². The summed E-state index contributed by atoms with van der Waals surface area (Å²) in [5.41, 5.74) is 5.96. The predicted molar refractivity (Wildman–Crippen MR) is 81.4 cm³/mol. The van der Waals surface area contributed by atoms with Crippen LogP contribution in [0.1, 0.15) is 23.7 Å². The third kappa shape index (κ3) is 3.63. The Labute approximate surface area is 132 Å². The fourth-order valence-electron chi connectivity index (χ4n) is 2.17. The molecule has 0 saturated carbocycles. The summed E-state index contributed by atoms with van der Waals surface area (Å²) in [6, 6.07) is 4.20. The van der Waals surface area contributed by atoms with Crippen molar-refractivity contribution in [1.29, 1.82) is 0 Å². The monoisotopic (exact) mass is 376 g/mol. The van der Waals surface area contributed by atoms with E-state index < -0.39 is 16.0 Å². The number of halogens is 1. The SMILES string of the molecule is CCOC(=O)c1cc(Br)cc(S(=O)(=O)N2CC[C@@H](N)C2)c1. The molecule has 6 nitrogen and oxygen atoms in total. The van der Waals surface area contributed by atoms with Crippen LogP contribution in [0.3, 0.4) is 0 Å². The van der Waals surface area contributed by atoms with Crippen molar-refractivity contribution < 1.29 is 17.9 Å². The van der Waals surface area contributed by atoms with Crippen LogP contribution in [0, 0.1) is 0 Å². The Balaban J connectivity index is 2.37. The van der Waals surface area contributed by atoms with Gasteiger partial charge in [-0.1, -0.05) is 15.9 Å². The van der Waals surface area contributed by atoms with Gasteiger partial charge in [0.15, 0.2) is 0 Å². The van der Waals surface area contributed by atoms with Crippen LogP contribution in [0.5, 0.6) is 0 Å². The van der Waals surface area contributed by atoms with Gasteiger partial charge in [-0.3, -0.25) is 0 Å². The van der Waals surface area contributed by atoms with E-state index in [0.29, 0.717) is 24.0 Å². The Morgan fingerprint density at radius 2 is 2.19 bits per heavy atom. The first-order chi connectivity index (χ1) is 9.84. The van der Waals surface area contributed by atoms with Gasteiger partial charge in [-0.05, 0) is 31.5 Å². The quantitative estimate of drug-likeness (QED) is 0.800. The Hall–Kier alpha value is -0.960. The summed E-state index contributed by atoms with van der Waals surface area (Å²) >= 11 is 3.23. The first-order valence-electron chi connectivity index (χ1n) is 6.58. The van der Waals surface area contributed by atoms with Crippen LogP contribution in [-0.4, -0.2) is 44.4 Å². The molecular weight excluding hydrogens is 360 g/mol. The van der Waals surface area contributed by atoms with E-state index in [1.807, 2.05) is 0 Å². The van der Waals surface area contributed by atoms with Crippen LogP contribution >= 0.6 is 15.9 Å². The minimum Gasteiger partial charge on any atom is -0.462 e. The third-order valence-corrected chi connectivity index (χ3v) is 5.51. The molecule has 116 valence electrons. The molecule has 1 aliphatic heterocycles. The van der Waals surface area contributed by atoms with Crippen LogP contribution in [0.25, 0.3) is 0 Å². The fraction of sp³-hybridized carbons (Fsp3) is 0.462. The van der Waals surface area contributed by atoms with Crippen molar-refractivity contribution in [3.63, 3.8) is 0 Å². The van der Waals surface area contributed by atoms with Crippen molar-refractivity contribution in [3.05, 3.63) is 28.2 Å². The second-order valence-electron chi connectivity index (χ2n) is 4.81. The molecule has 1 aromatic carbocycles. The van der Waals surface area contributed by atoms with Crippen LogP contribution < -0.4 is 5.73 Å². The molecule has 21 heavy (non-hydrogen) atoms. The number of esters is 1. The molecule has 0 aromatic heterocycles. The third-order valence-electron chi connectivity index (χ3n) is 3.21. The van der Waals surface area contributed by atoms with Gasteiger partial charge in [-0.2, -0.15) is 4.31 Å². The van der Waals surface area contributed by atoms with Crippen molar-refractivity contribution in [2.24, 2.45) is 5.73 Å². The molecule has 8 heteroatoms. The van der Waals surface area contributed by atoms with Gasteiger partial charge >= 0.3 is 5.97 Å². The number of hydrogen-bond donors (Lipinski definition) is 1. The highest BCUT2D eigenvalue weighted by Crippen LogP contribution is 2.25. The number of rotatable bonds is 4. The summed E-state index contributed by atoms with van der Waals surface area (Å²) in [5, 5.41) is 0. The van der Waals surface area contributed by atoms with Crippen LogP contribution in [0.4, 0.5) is 0 Å². The average Bonchev–Trinajstić information content (AvgIpc) is 2.85. The lowest BCUT2D eigenvalue weighted by molar-refractivity contribution is 0.0526. The van der Waals surface area contributed by atoms with Gasteiger partial charge in [0.25, 0.3) is 0 Å². The van der Waals surface area contributed by atoms with E-state index in [2.05, 4.69) is 15.9 Å². The molecular formula is C13H17BrN2O4S. The maximum atomic E-state index is 12.6. The van der Waals surface area contributed by atoms with Gasteiger partial charge < -0.3 is 10.5 Å². The van der Waals surface area contributed by atoms with Crippen LogP contribution in [0.15, 0.2) is 27.6 Å². The van der Waals surface area contributed by atoms with Crippen LogP contribution in [-0.2, 0) is 14.8 Å². The number of nitrogens with zero attached hydrogens (tertiary/aromatic N) is 1. The summed E-state index contributed by atoms with van der Waals surface area (Å²) in [6.45, 7) is 2.61.